The minimum absolute atomic E-state index is 0.0878. The zero-order chi connectivity index (χ0) is 47.1. The lowest BCUT2D eigenvalue weighted by Gasteiger charge is -2.63. The number of aromatic nitrogens is 7. The number of hydrogen-bond acceptors (Lipinski definition) is 11. The lowest BCUT2D eigenvalue weighted by atomic mass is 9.49. The van der Waals surface area contributed by atoms with E-state index in [2.05, 4.69) is 93.8 Å². The number of nitrogens with one attached hydrogen (secondary N) is 1. The molecule has 0 bridgehead atoms. The van der Waals surface area contributed by atoms with Crippen LogP contribution in [0.25, 0.3) is 33.3 Å². The fraction of sp³-hybridized carbons (Fsp3) is 0.462. The molecule has 350 valence electrons. The smallest absolute Gasteiger partial charge is 0.254 e. The minimum atomic E-state index is -0.381. The van der Waals surface area contributed by atoms with Crippen molar-refractivity contribution in [3.05, 3.63) is 101 Å². The third-order valence-electron chi connectivity index (χ3n) is 15.6. The number of fused-ring (bicyclic) bond motifs is 2. The fourth-order valence-electron chi connectivity index (χ4n) is 12.4. The molecule has 2 aliphatic carbocycles. The molecular weight excluding hydrogens is 878 g/mol. The molecule has 6 aromatic rings. The number of carbonyl (C=O) groups is 2. The van der Waals surface area contributed by atoms with Gasteiger partial charge >= 0.3 is 0 Å². The summed E-state index contributed by atoms with van der Waals surface area (Å²) in [6.45, 7) is 15.4. The molecule has 0 unspecified atom stereocenters. The molecule has 1 spiro atoms. The van der Waals surface area contributed by atoms with E-state index in [4.69, 9.17) is 36.3 Å². The van der Waals surface area contributed by atoms with E-state index in [9.17, 15) is 14.9 Å². The number of nitrogens with zero attached hydrogens (tertiary/aromatic N) is 10. The van der Waals surface area contributed by atoms with Crippen LogP contribution in [-0.2, 0) is 29.0 Å². The SMILES string of the molecule is CC(=O)N1CCc2c(c(-c3cccc4cc(-c5cnn(CC6CC7(C6)CN(c6ncc(C(=O)NC8C(C)(C)C(Oc9ccc(C#N)c(Cl)c9)C8(C)C)cn6)C7)c5)ncc34)nn2C2CCOCC2)C1. The normalized spacial score (nSPS) is 21.6. The first kappa shape index (κ1) is 44.2. The van der Waals surface area contributed by atoms with Crippen LogP contribution >= 0.6 is 11.6 Å². The van der Waals surface area contributed by atoms with E-state index in [0.29, 0.717) is 52.9 Å². The topological polar surface area (TPSA) is 169 Å². The van der Waals surface area contributed by atoms with Gasteiger partial charge in [-0.15, -0.1) is 0 Å². The maximum atomic E-state index is 13.5. The summed E-state index contributed by atoms with van der Waals surface area (Å²) in [5.41, 5.74) is 6.53. The van der Waals surface area contributed by atoms with Gasteiger partial charge in [0.2, 0.25) is 11.9 Å². The van der Waals surface area contributed by atoms with Gasteiger partial charge in [-0.25, -0.2) is 9.97 Å². The summed E-state index contributed by atoms with van der Waals surface area (Å²) in [6, 6.07) is 15.8. The summed E-state index contributed by atoms with van der Waals surface area (Å²) < 4.78 is 16.4. The minimum Gasteiger partial charge on any atom is -0.489 e. The molecule has 4 fully saturated rings. The van der Waals surface area contributed by atoms with Gasteiger partial charge in [0.05, 0.1) is 39.8 Å². The second-order valence-electron chi connectivity index (χ2n) is 21.0. The summed E-state index contributed by atoms with van der Waals surface area (Å²) in [4.78, 5) is 44.3. The Bertz CT molecular complexity index is 2970. The van der Waals surface area contributed by atoms with Gasteiger partial charge in [0, 0.05) is 140 Å². The predicted molar refractivity (Wildman–Crippen MR) is 257 cm³/mol. The van der Waals surface area contributed by atoms with Crippen LogP contribution in [0.1, 0.15) is 93.5 Å². The first-order valence-electron chi connectivity index (χ1n) is 23.8. The van der Waals surface area contributed by atoms with Gasteiger partial charge in [-0.1, -0.05) is 57.5 Å². The largest absolute Gasteiger partial charge is 0.489 e. The second-order valence-corrected chi connectivity index (χ2v) is 21.4. The highest BCUT2D eigenvalue weighted by molar-refractivity contribution is 6.31. The molecular formula is C52H56ClN11O4. The maximum absolute atomic E-state index is 13.5. The lowest BCUT2D eigenvalue weighted by Crippen LogP contribution is -2.74. The fourth-order valence-corrected chi connectivity index (χ4v) is 12.6. The van der Waals surface area contributed by atoms with Gasteiger partial charge < -0.3 is 24.6 Å². The van der Waals surface area contributed by atoms with Crippen molar-refractivity contribution < 1.29 is 19.1 Å². The van der Waals surface area contributed by atoms with Crippen molar-refractivity contribution in [1.82, 2.24) is 44.7 Å². The van der Waals surface area contributed by atoms with Gasteiger partial charge in [-0.3, -0.25) is 23.9 Å². The number of ether oxygens (including phenoxy) is 2. The Morgan fingerprint density at radius 1 is 0.985 bits per heavy atom. The van der Waals surface area contributed by atoms with Crippen molar-refractivity contribution in [2.75, 3.05) is 37.7 Å². The molecule has 0 radical (unpaired) electrons. The van der Waals surface area contributed by atoms with Gasteiger partial charge in [0.25, 0.3) is 5.91 Å². The average molecular weight is 935 g/mol. The molecule has 16 heteroatoms. The highest BCUT2D eigenvalue weighted by Crippen LogP contribution is 2.56. The number of pyridine rings is 1. The van der Waals surface area contributed by atoms with Gasteiger partial charge in [-0.05, 0) is 55.2 Å². The lowest BCUT2D eigenvalue weighted by molar-refractivity contribution is -0.164. The summed E-state index contributed by atoms with van der Waals surface area (Å²) in [5, 5.41) is 25.0. The Morgan fingerprint density at radius 2 is 1.75 bits per heavy atom. The predicted octanol–water partition coefficient (Wildman–Crippen LogP) is 8.06. The van der Waals surface area contributed by atoms with Crippen molar-refractivity contribution in [2.24, 2.45) is 22.2 Å². The van der Waals surface area contributed by atoms with Crippen LogP contribution in [-0.4, -0.2) is 96.2 Å². The van der Waals surface area contributed by atoms with E-state index in [0.717, 1.165) is 104 Å². The summed E-state index contributed by atoms with van der Waals surface area (Å²) in [5.74, 6) is 1.63. The van der Waals surface area contributed by atoms with E-state index < -0.39 is 0 Å². The third kappa shape index (κ3) is 7.66. The molecule has 11 rings (SSSR count). The monoisotopic (exact) mass is 933 g/mol. The first-order chi connectivity index (χ1) is 32.7. The van der Waals surface area contributed by atoms with Crippen LogP contribution in [0.5, 0.6) is 5.75 Å². The molecule has 68 heavy (non-hydrogen) atoms. The average Bonchev–Trinajstić information content (AvgIpc) is 3.95. The first-order valence-corrected chi connectivity index (χ1v) is 24.2. The van der Waals surface area contributed by atoms with Gasteiger partial charge in [0.15, 0.2) is 0 Å². The molecule has 5 aliphatic rings. The second kappa shape index (κ2) is 16.7. The molecule has 0 atom stereocenters. The van der Waals surface area contributed by atoms with Crippen LogP contribution in [0, 0.1) is 33.5 Å². The van der Waals surface area contributed by atoms with E-state index in [-0.39, 0.29) is 40.2 Å². The molecule has 2 saturated heterocycles. The zero-order valence-electron chi connectivity index (χ0n) is 39.2. The standard InChI is InChI=1S/C52H56ClN11O4/c1-31(65)61-14-11-44-41(28-61)45(60-64(44)37-12-15-67-16-13-37)39-8-6-7-33-17-43(55-25-40(33)39)36-24-58-63(27-36)26-32-19-52(20-32)29-62(30-52)49-56-22-35(23-57-49)46(66)59-47-50(2,3)48(51(47,4)5)68-38-10-9-34(21-54)42(53)18-38/h6-10,17-18,22-25,27,32,37,47-48H,11-16,19-20,26,28-30H2,1-5H3,(H,59,66). The van der Waals surface area contributed by atoms with Gasteiger partial charge in [-0.2, -0.15) is 15.5 Å². The number of carbonyl (C=O) groups excluding carboxylic acids is 2. The van der Waals surface area contributed by atoms with Crippen molar-refractivity contribution in [2.45, 2.75) is 98.0 Å². The highest BCUT2D eigenvalue weighted by Gasteiger charge is 2.64. The van der Waals surface area contributed by atoms with E-state index in [1.165, 1.54) is 5.69 Å². The number of anilines is 1. The van der Waals surface area contributed by atoms with Crippen molar-refractivity contribution in [3.8, 4) is 34.3 Å². The van der Waals surface area contributed by atoms with Crippen LogP contribution in [0.4, 0.5) is 5.95 Å². The van der Waals surface area contributed by atoms with E-state index in [1.807, 2.05) is 17.3 Å². The Kier molecular flexibility index (Phi) is 10.8. The van der Waals surface area contributed by atoms with Crippen molar-refractivity contribution >= 4 is 40.1 Å². The zero-order valence-corrected chi connectivity index (χ0v) is 40.0. The molecule has 7 heterocycles. The van der Waals surface area contributed by atoms with Crippen LogP contribution in [0.15, 0.2) is 73.4 Å². The van der Waals surface area contributed by atoms with E-state index >= 15 is 0 Å². The molecule has 2 amide bonds. The van der Waals surface area contributed by atoms with Crippen LogP contribution in [0.2, 0.25) is 5.02 Å². The highest BCUT2D eigenvalue weighted by atomic mass is 35.5. The third-order valence-corrected chi connectivity index (χ3v) is 15.9. The molecule has 3 aliphatic heterocycles. The number of benzene rings is 2. The van der Waals surface area contributed by atoms with Crippen molar-refractivity contribution in [3.63, 3.8) is 0 Å². The maximum Gasteiger partial charge on any atom is 0.254 e. The molecule has 4 aromatic heterocycles. The number of hydrogen-bond donors (Lipinski definition) is 1. The van der Waals surface area contributed by atoms with Crippen molar-refractivity contribution in [1.29, 1.82) is 5.26 Å². The number of nitriles is 1. The number of amides is 2. The quantitative estimate of drug-likeness (QED) is 0.141. The molecule has 15 nitrogen and oxygen atoms in total. The summed E-state index contributed by atoms with van der Waals surface area (Å²) >= 11 is 6.27. The molecule has 2 saturated carbocycles. The van der Waals surface area contributed by atoms with Gasteiger partial charge in [0.1, 0.15) is 17.9 Å². The molecule has 1 N–H and O–H groups in total. The number of halogens is 1. The Hall–Kier alpha value is -6.37. The van der Waals surface area contributed by atoms with E-state index in [1.54, 1.807) is 37.5 Å². The summed E-state index contributed by atoms with van der Waals surface area (Å²) in [7, 11) is 0. The Labute approximate surface area is 400 Å². The van der Waals surface area contributed by atoms with Crippen LogP contribution < -0.4 is 15.0 Å². The Balaban J connectivity index is 0.691. The Morgan fingerprint density at radius 3 is 2.47 bits per heavy atom. The van der Waals surface area contributed by atoms with Crippen LogP contribution in [0.3, 0.4) is 0 Å². The summed E-state index contributed by atoms with van der Waals surface area (Å²) in [6.07, 6.45) is 13.9. The number of rotatable bonds is 10. The molecule has 2 aromatic carbocycles.